The number of imidazole rings is 1. The molecule has 4 nitrogen and oxygen atoms in total. The first-order valence-electron chi connectivity index (χ1n) is 5.94. The van der Waals surface area contributed by atoms with E-state index in [1.54, 1.807) is 6.20 Å². The summed E-state index contributed by atoms with van der Waals surface area (Å²) in [6, 6.07) is 10.2. The Kier molecular flexibility index (Phi) is 2.68. The zero-order valence-electron chi connectivity index (χ0n) is 10.1. The highest BCUT2D eigenvalue weighted by molar-refractivity contribution is 5.90. The highest BCUT2D eigenvalue weighted by Crippen LogP contribution is 2.24. The maximum absolute atomic E-state index is 4.35. The lowest BCUT2D eigenvalue weighted by atomic mass is 10.1. The van der Waals surface area contributed by atoms with Crippen LogP contribution in [0.5, 0.6) is 0 Å². The van der Waals surface area contributed by atoms with Gasteiger partial charge in [-0.3, -0.25) is 4.98 Å². The van der Waals surface area contributed by atoms with Gasteiger partial charge in [0.05, 0.1) is 11.6 Å². The van der Waals surface area contributed by atoms with Crippen LogP contribution in [-0.4, -0.2) is 15.0 Å². The Hall–Kier alpha value is -2.36. The largest absolute Gasteiger partial charge is 0.375 e. The number of hydrogen-bond donors (Lipinski definition) is 2. The van der Waals surface area contributed by atoms with Crippen LogP contribution < -0.4 is 5.32 Å². The molecule has 0 amide bonds. The third-order valence-corrected chi connectivity index (χ3v) is 2.95. The van der Waals surface area contributed by atoms with Gasteiger partial charge in [-0.05, 0) is 19.1 Å². The fourth-order valence-corrected chi connectivity index (χ4v) is 2.04. The third kappa shape index (κ3) is 1.93. The molecule has 0 fully saturated rings. The second-order valence-corrected chi connectivity index (χ2v) is 4.22. The van der Waals surface area contributed by atoms with E-state index in [1.165, 1.54) is 0 Å². The minimum absolute atomic E-state index is 0.130. The first-order chi connectivity index (χ1) is 8.84. The van der Waals surface area contributed by atoms with Crippen LogP contribution in [0.1, 0.15) is 18.8 Å². The van der Waals surface area contributed by atoms with E-state index in [2.05, 4.69) is 33.3 Å². The lowest BCUT2D eigenvalue weighted by Gasteiger charge is -2.14. The Labute approximate surface area is 105 Å². The number of benzene rings is 1. The van der Waals surface area contributed by atoms with Crippen molar-refractivity contribution in [1.82, 2.24) is 15.0 Å². The van der Waals surface area contributed by atoms with Crippen LogP contribution in [0, 0.1) is 0 Å². The Morgan fingerprint density at radius 2 is 2.00 bits per heavy atom. The topological polar surface area (TPSA) is 53.6 Å². The number of rotatable bonds is 3. The summed E-state index contributed by atoms with van der Waals surface area (Å²) in [5.41, 5.74) is 2.07. The molecule has 0 aliphatic heterocycles. The number of anilines is 1. The molecular formula is C14H14N4. The molecule has 18 heavy (non-hydrogen) atoms. The average Bonchev–Trinajstić information content (AvgIpc) is 2.93. The molecule has 0 bridgehead atoms. The maximum Gasteiger partial charge on any atom is 0.128 e. The lowest BCUT2D eigenvalue weighted by molar-refractivity contribution is 0.811. The van der Waals surface area contributed by atoms with Crippen molar-refractivity contribution in [2.45, 2.75) is 13.0 Å². The molecule has 0 radical (unpaired) electrons. The standard InChI is InChI=1S/C14H14N4/c1-10(14-16-8-9-17-14)18-13-6-7-15-12-5-3-2-4-11(12)13/h2-10H,1H3,(H,15,18)(H,16,17). The zero-order chi connectivity index (χ0) is 12.4. The molecule has 1 unspecified atom stereocenters. The van der Waals surface area contributed by atoms with Crippen molar-refractivity contribution in [3.8, 4) is 0 Å². The minimum Gasteiger partial charge on any atom is -0.375 e. The summed E-state index contributed by atoms with van der Waals surface area (Å²) in [4.78, 5) is 11.7. The molecule has 3 rings (SSSR count). The first kappa shape index (κ1) is 10.8. The molecule has 1 atom stereocenters. The summed E-state index contributed by atoms with van der Waals surface area (Å²) >= 11 is 0. The van der Waals surface area contributed by atoms with E-state index in [0.29, 0.717) is 0 Å². The number of para-hydroxylation sites is 1. The molecule has 90 valence electrons. The van der Waals surface area contributed by atoms with E-state index in [1.807, 2.05) is 36.7 Å². The zero-order valence-corrected chi connectivity index (χ0v) is 10.1. The predicted molar refractivity (Wildman–Crippen MR) is 72.4 cm³/mol. The summed E-state index contributed by atoms with van der Waals surface area (Å²) in [7, 11) is 0. The molecule has 0 saturated heterocycles. The normalized spacial score (nSPS) is 12.5. The highest BCUT2D eigenvalue weighted by atomic mass is 15.0. The molecule has 2 aromatic heterocycles. The molecule has 1 aromatic carbocycles. The van der Waals surface area contributed by atoms with Gasteiger partial charge in [-0.1, -0.05) is 18.2 Å². The van der Waals surface area contributed by atoms with Crippen molar-refractivity contribution in [3.63, 3.8) is 0 Å². The smallest absolute Gasteiger partial charge is 0.128 e. The van der Waals surface area contributed by atoms with Crippen molar-refractivity contribution in [2.75, 3.05) is 5.32 Å². The number of nitrogens with zero attached hydrogens (tertiary/aromatic N) is 2. The van der Waals surface area contributed by atoms with E-state index in [9.17, 15) is 0 Å². The number of aromatic nitrogens is 3. The second kappa shape index (κ2) is 4.49. The summed E-state index contributed by atoms with van der Waals surface area (Å²) in [5.74, 6) is 0.927. The van der Waals surface area contributed by atoms with Crippen LogP contribution >= 0.6 is 0 Å². The van der Waals surface area contributed by atoms with Crippen LogP contribution in [0.25, 0.3) is 10.9 Å². The number of aromatic amines is 1. The Bertz CT molecular complexity index is 640. The van der Waals surface area contributed by atoms with Gasteiger partial charge in [-0.25, -0.2) is 4.98 Å². The summed E-state index contributed by atoms with van der Waals surface area (Å²) in [6.07, 6.45) is 5.41. The van der Waals surface area contributed by atoms with Crippen LogP contribution in [0.2, 0.25) is 0 Å². The summed E-state index contributed by atoms with van der Waals surface area (Å²) in [5, 5.41) is 4.58. The molecule has 0 saturated carbocycles. The SMILES string of the molecule is CC(Nc1ccnc2ccccc12)c1ncc[nH]1. The Morgan fingerprint density at radius 1 is 1.11 bits per heavy atom. The van der Waals surface area contributed by atoms with Gasteiger partial charge in [0.2, 0.25) is 0 Å². The van der Waals surface area contributed by atoms with Crippen LogP contribution in [0.4, 0.5) is 5.69 Å². The first-order valence-corrected chi connectivity index (χ1v) is 5.94. The van der Waals surface area contributed by atoms with E-state index in [4.69, 9.17) is 0 Å². The fourth-order valence-electron chi connectivity index (χ4n) is 2.04. The molecule has 2 heterocycles. The van der Waals surface area contributed by atoms with Gasteiger partial charge in [0.15, 0.2) is 0 Å². The molecule has 3 aromatic rings. The van der Waals surface area contributed by atoms with Gasteiger partial charge in [0.25, 0.3) is 0 Å². The van der Waals surface area contributed by atoms with Crippen molar-refractivity contribution in [3.05, 3.63) is 54.7 Å². The van der Waals surface area contributed by atoms with Gasteiger partial charge < -0.3 is 10.3 Å². The van der Waals surface area contributed by atoms with Crippen LogP contribution in [0.3, 0.4) is 0 Å². The van der Waals surface area contributed by atoms with Gasteiger partial charge in [-0.2, -0.15) is 0 Å². The van der Waals surface area contributed by atoms with Crippen LogP contribution in [-0.2, 0) is 0 Å². The molecular weight excluding hydrogens is 224 g/mol. The van der Waals surface area contributed by atoms with E-state index in [-0.39, 0.29) is 6.04 Å². The molecule has 2 N–H and O–H groups in total. The van der Waals surface area contributed by atoms with Crippen LogP contribution in [0.15, 0.2) is 48.9 Å². The number of H-pyrrole nitrogens is 1. The molecule has 0 aliphatic rings. The third-order valence-electron chi connectivity index (χ3n) is 2.95. The maximum atomic E-state index is 4.35. The number of fused-ring (bicyclic) bond motifs is 1. The minimum atomic E-state index is 0.130. The molecule has 0 aliphatic carbocycles. The van der Waals surface area contributed by atoms with Gasteiger partial charge in [-0.15, -0.1) is 0 Å². The monoisotopic (exact) mass is 238 g/mol. The van der Waals surface area contributed by atoms with E-state index in [0.717, 1.165) is 22.4 Å². The summed E-state index contributed by atoms with van der Waals surface area (Å²) in [6.45, 7) is 2.08. The van der Waals surface area contributed by atoms with Crippen molar-refractivity contribution in [1.29, 1.82) is 0 Å². The van der Waals surface area contributed by atoms with Crippen molar-refractivity contribution < 1.29 is 0 Å². The van der Waals surface area contributed by atoms with Gasteiger partial charge in [0.1, 0.15) is 5.82 Å². The predicted octanol–water partition coefficient (Wildman–Crippen LogP) is 3.13. The van der Waals surface area contributed by atoms with Crippen molar-refractivity contribution in [2.24, 2.45) is 0 Å². The van der Waals surface area contributed by atoms with Gasteiger partial charge in [0, 0.05) is 29.7 Å². The molecule has 4 heteroatoms. The number of nitrogens with one attached hydrogen (secondary N) is 2. The average molecular weight is 238 g/mol. The lowest BCUT2D eigenvalue weighted by Crippen LogP contribution is -2.08. The van der Waals surface area contributed by atoms with E-state index < -0.39 is 0 Å². The van der Waals surface area contributed by atoms with Gasteiger partial charge >= 0.3 is 0 Å². The second-order valence-electron chi connectivity index (χ2n) is 4.22. The molecule has 0 spiro atoms. The number of pyridine rings is 1. The Balaban J connectivity index is 1.95. The highest BCUT2D eigenvalue weighted by Gasteiger charge is 2.09. The fraction of sp³-hybridized carbons (Fsp3) is 0.143. The number of hydrogen-bond acceptors (Lipinski definition) is 3. The van der Waals surface area contributed by atoms with E-state index >= 15 is 0 Å². The Morgan fingerprint density at radius 3 is 2.83 bits per heavy atom. The van der Waals surface area contributed by atoms with Crippen molar-refractivity contribution >= 4 is 16.6 Å². The quantitative estimate of drug-likeness (QED) is 0.737. The summed E-state index contributed by atoms with van der Waals surface area (Å²) < 4.78 is 0.